The molecule has 1 aromatic heterocycles. The van der Waals surface area contributed by atoms with Crippen LogP contribution in [0.1, 0.15) is 34.3 Å². The number of likely N-dealkylation sites (tertiary alicyclic amines) is 1. The van der Waals surface area contributed by atoms with Crippen LogP contribution in [0.15, 0.2) is 28.8 Å². The zero-order chi connectivity index (χ0) is 17.3. The Labute approximate surface area is 136 Å². The van der Waals surface area contributed by atoms with Gasteiger partial charge in [0.05, 0.1) is 12.1 Å². The van der Waals surface area contributed by atoms with Crippen molar-refractivity contribution < 1.29 is 27.9 Å². The number of benzene rings is 1. The monoisotopic (exact) mass is 338 g/mol. The number of nitrogens with zero attached hydrogens (tertiary/aromatic N) is 2. The summed E-state index contributed by atoms with van der Waals surface area (Å²) in [5.41, 5.74) is 0.489. The zero-order valence-electron chi connectivity index (χ0n) is 12.9. The number of rotatable bonds is 4. The molecule has 0 saturated carbocycles. The van der Waals surface area contributed by atoms with Gasteiger partial charge in [-0.15, -0.1) is 0 Å². The Morgan fingerprint density at radius 3 is 2.92 bits per heavy atom. The molecule has 2 heterocycles. The van der Waals surface area contributed by atoms with E-state index in [0.717, 1.165) is 12.1 Å². The molecule has 128 valence electrons. The summed E-state index contributed by atoms with van der Waals surface area (Å²) in [5.74, 6) is -2.02. The Hall–Kier alpha value is -2.32. The molecule has 1 saturated heterocycles. The van der Waals surface area contributed by atoms with E-state index < -0.39 is 29.7 Å². The second-order valence-electron chi connectivity index (χ2n) is 5.65. The molecule has 1 aliphatic rings. The van der Waals surface area contributed by atoms with Crippen LogP contribution in [-0.2, 0) is 11.3 Å². The van der Waals surface area contributed by atoms with Crippen LogP contribution in [0.5, 0.6) is 0 Å². The molecule has 2 atom stereocenters. The van der Waals surface area contributed by atoms with Crippen molar-refractivity contribution in [3.8, 4) is 0 Å². The molecule has 0 unspecified atom stereocenters. The number of methoxy groups -OCH3 is 1. The molecule has 1 fully saturated rings. The number of β-amino-alcohol motifs (C(OH)–C–C–N with tert-alkyl or cyclic N) is 1. The molecular formula is C16H16F2N2O4. The van der Waals surface area contributed by atoms with Crippen LogP contribution in [0, 0.1) is 11.6 Å². The summed E-state index contributed by atoms with van der Waals surface area (Å²) in [5, 5.41) is 13.6. The summed E-state index contributed by atoms with van der Waals surface area (Å²) >= 11 is 0. The predicted molar refractivity (Wildman–Crippen MR) is 78.0 cm³/mol. The minimum Gasteiger partial charge on any atom is -0.391 e. The maximum atomic E-state index is 13.5. The predicted octanol–water partition coefficient (Wildman–Crippen LogP) is 2.05. The molecule has 2 aromatic rings. The van der Waals surface area contributed by atoms with Crippen molar-refractivity contribution in [2.75, 3.05) is 13.7 Å². The quantitative estimate of drug-likeness (QED) is 0.923. The number of aromatic nitrogens is 1. The van der Waals surface area contributed by atoms with Gasteiger partial charge in [-0.05, 0) is 24.1 Å². The van der Waals surface area contributed by atoms with E-state index in [9.17, 15) is 18.7 Å². The van der Waals surface area contributed by atoms with Crippen molar-refractivity contribution in [2.24, 2.45) is 0 Å². The van der Waals surface area contributed by atoms with Gasteiger partial charge in [0.1, 0.15) is 6.61 Å². The first-order chi connectivity index (χ1) is 11.5. The van der Waals surface area contributed by atoms with E-state index in [2.05, 4.69) is 5.16 Å². The van der Waals surface area contributed by atoms with Gasteiger partial charge in [-0.25, -0.2) is 8.78 Å². The Bertz CT molecular complexity index is 749. The molecule has 1 amide bonds. The highest BCUT2D eigenvalue weighted by atomic mass is 19.2. The molecule has 3 rings (SSSR count). The molecule has 0 spiro atoms. The molecule has 1 N–H and O–H groups in total. The highest BCUT2D eigenvalue weighted by Gasteiger charge is 2.37. The van der Waals surface area contributed by atoms with E-state index in [0.29, 0.717) is 11.3 Å². The fourth-order valence-corrected chi connectivity index (χ4v) is 2.85. The standard InChI is InChI=1S/C16H16F2N2O4/c1-23-8-11-6-14(19-24-11)16(22)20-7-10(21)5-15(20)9-2-3-12(17)13(18)4-9/h2-4,6,10,15,21H,5,7-8H2,1H3/t10-,15+/m0/s1. The number of aliphatic hydroxyl groups excluding tert-OH is 1. The van der Waals surface area contributed by atoms with Gasteiger partial charge < -0.3 is 19.3 Å². The zero-order valence-corrected chi connectivity index (χ0v) is 12.9. The smallest absolute Gasteiger partial charge is 0.276 e. The number of halogens is 2. The third kappa shape index (κ3) is 3.15. The highest BCUT2D eigenvalue weighted by molar-refractivity contribution is 5.92. The maximum absolute atomic E-state index is 13.5. The van der Waals surface area contributed by atoms with Crippen LogP contribution in [-0.4, -0.2) is 40.8 Å². The molecule has 0 radical (unpaired) electrons. The summed E-state index contributed by atoms with van der Waals surface area (Å²) in [7, 11) is 1.49. The molecule has 1 aromatic carbocycles. The van der Waals surface area contributed by atoms with Crippen LogP contribution < -0.4 is 0 Å². The van der Waals surface area contributed by atoms with Crippen LogP contribution in [0.4, 0.5) is 8.78 Å². The lowest BCUT2D eigenvalue weighted by atomic mass is 10.0. The minimum atomic E-state index is -0.995. The van der Waals surface area contributed by atoms with E-state index in [1.165, 1.54) is 24.1 Å². The number of hydrogen-bond acceptors (Lipinski definition) is 5. The Morgan fingerprint density at radius 1 is 1.42 bits per heavy atom. The van der Waals surface area contributed by atoms with E-state index in [1.807, 2.05) is 0 Å². The summed E-state index contributed by atoms with van der Waals surface area (Å²) in [6, 6.07) is 4.34. The van der Waals surface area contributed by atoms with Gasteiger partial charge >= 0.3 is 0 Å². The van der Waals surface area contributed by atoms with Gasteiger partial charge in [0, 0.05) is 19.7 Å². The van der Waals surface area contributed by atoms with Crippen LogP contribution >= 0.6 is 0 Å². The molecule has 8 heteroatoms. The third-order valence-corrected chi connectivity index (χ3v) is 3.93. The van der Waals surface area contributed by atoms with Crippen molar-refractivity contribution in [3.05, 3.63) is 52.9 Å². The van der Waals surface area contributed by atoms with E-state index in [4.69, 9.17) is 9.26 Å². The topological polar surface area (TPSA) is 75.8 Å². The first-order valence-corrected chi connectivity index (χ1v) is 7.38. The third-order valence-electron chi connectivity index (χ3n) is 3.93. The van der Waals surface area contributed by atoms with Gasteiger partial charge in [-0.1, -0.05) is 11.2 Å². The summed E-state index contributed by atoms with van der Waals surface area (Å²) in [4.78, 5) is 14.0. The molecule has 0 aliphatic carbocycles. The van der Waals surface area contributed by atoms with Crippen molar-refractivity contribution in [2.45, 2.75) is 25.2 Å². The second kappa shape index (κ2) is 6.66. The van der Waals surface area contributed by atoms with E-state index >= 15 is 0 Å². The van der Waals surface area contributed by atoms with Gasteiger partial charge in [0.2, 0.25) is 0 Å². The molecule has 6 nitrogen and oxygen atoms in total. The van der Waals surface area contributed by atoms with Crippen molar-refractivity contribution in [3.63, 3.8) is 0 Å². The van der Waals surface area contributed by atoms with Crippen LogP contribution in [0.25, 0.3) is 0 Å². The first-order valence-electron chi connectivity index (χ1n) is 7.38. The Balaban J connectivity index is 1.86. The minimum absolute atomic E-state index is 0.0729. The lowest BCUT2D eigenvalue weighted by Gasteiger charge is -2.23. The first kappa shape index (κ1) is 16.5. The highest BCUT2D eigenvalue weighted by Crippen LogP contribution is 2.34. The average Bonchev–Trinajstić information content (AvgIpc) is 3.16. The summed E-state index contributed by atoms with van der Waals surface area (Å²) < 4.78 is 36.5. The van der Waals surface area contributed by atoms with Crippen LogP contribution in [0.3, 0.4) is 0 Å². The number of carbonyl (C=O) groups excluding carboxylic acids is 1. The fourth-order valence-electron chi connectivity index (χ4n) is 2.85. The van der Waals surface area contributed by atoms with Gasteiger partial charge in [0.15, 0.2) is 23.1 Å². The van der Waals surface area contributed by atoms with E-state index in [-0.39, 0.29) is 25.3 Å². The van der Waals surface area contributed by atoms with Gasteiger partial charge in [0.25, 0.3) is 5.91 Å². The average molecular weight is 338 g/mol. The van der Waals surface area contributed by atoms with Crippen LogP contribution in [0.2, 0.25) is 0 Å². The lowest BCUT2D eigenvalue weighted by Crippen LogP contribution is -2.32. The van der Waals surface area contributed by atoms with Crippen molar-refractivity contribution in [1.82, 2.24) is 10.1 Å². The van der Waals surface area contributed by atoms with E-state index in [1.54, 1.807) is 0 Å². The number of hydrogen-bond donors (Lipinski definition) is 1. The molecule has 0 bridgehead atoms. The number of ether oxygens (including phenoxy) is 1. The molecule has 24 heavy (non-hydrogen) atoms. The fraction of sp³-hybridized carbons (Fsp3) is 0.375. The Morgan fingerprint density at radius 2 is 2.21 bits per heavy atom. The van der Waals surface area contributed by atoms with Crippen molar-refractivity contribution in [1.29, 1.82) is 0 Å². The van der Waals surface area contributed by atoms with Crippen molar-refractivity contribution >= 4 is 5.91 Å². The number of aliphatic hydroxyl groups is 1. The second-order valence-corrected chi connectivity index (χ2v) is 5.65. The number of carbonyl (C=O) groups is 1. The molecule has 1 aliphatic heterocycles. The van der Waals surface area contributed by atoms with Gasteiger partial charge in [-0.2, -0.15) is 0 Å². The lowest BCUT2D eigenvalue weighted by molar-refractivity contribution is 0.0704. The van der Waals surface area contributed by atoms with Gasteiger partial charge in [-0.3, -0.25) is 4.79 Å². The summed E-state index contributed by atoms with van der Waals surface area (Å²) in [6.07, 6.45) is -0.517. The summed E-state index contributed by atoms with van der Waals surface area (Å²) in [6.45, 7) is 0.254. The Kier molecular flexibility index (Phi) is 4.59. The maximum Gasteiger partial charge on any atom is 0.276 e. The largest absolute Gasteiger partial charge is 0.391 e. The normalized spacial score (nSPS) is 20.6. The SMILES string of the molecule is COCc1cc(C(=O)N2C[C@@H](O)C[C@@H]2c2ccc(F)c(F)c2)no1. The number of amides is 1. The molecular weight excluding hydrogens is 322 g/mol.